The Morgan fingerprint density at radius 2 is 1.34 bits per heavy atom. The highest BCUT2D eigenvalue weighted by atomic mass is 32.2. The van der Waals surface area contributed by atoms with Crippen molar-refractivity contribution in [2.75, 3.05) is 0 Å². The topological polar surface area (TPSA) is 109 Å². The Hall–Kier alpha value is -3.62. The third-order valence-corrected chi connectivity index (χ3v) is 7.35. The Bertz CT molecular complexity index is 1300. The number of aliphatic carboxylic acids is 1. The van der Waals surface area contributed by atoms with Crippen molar-refractivity contribution >= 4 is 27.6 Å². The molecular weight excluding hydrogens is 430 g/mol. The molecule has 0 amide bonds. The maximum absolute atomic E-state index is 13.4. The van der Waals surface area contributed by atoms with Crippen molar-refractivity contribution in [2.45, 2.75) is 23.9 Å². The highest BCUT2D eigenvalue weighted by molar-refractivity contribution is 7.89. The molecule has 3 aromatic carbocycles. The van der Waals surface area contributed by atoms with E-state index in [4.69, 9.17) is 0 Å². The second kappa shape index (κ2) is 8.49. The fraction of sp³-hybridized carbons (Fsp3) is 0.125. The van der Waals surface area contributed by atoms with E-state index in [-0.39, 0.29) is 23.6 Å². The summed E-state index contributed by atoms with van der Waals surface area (Å²) in [7, 11) is -4.20. The van der Waals surface area contributed by atoms with Crippen molar-refractivity contribution in [1.29, 1.82) is 0 Å². The zero-order valence-electron chi connectivity index (χ0n) is 16.8. The van der Waals surface area contributed by atoms with Gasteiger partial charge in [-0.25, -0.2) is 13.2 Å². The number of benzene rings is 3. The molecule has 1 atom stereocenters. The van der Waals surface area contributed by atoms with Crippen LogP contribution in [0.1, 0.15) is 27.0 Å². The molecule has 0 radical (unpaired) electrons. The molecule has 1 N–H and O–H groups in total. The van der Waals surface area contributed by atoms with Gasteiger partial charge in [0.25, 0.3) is 5.78 Å². The first-order valence-electron chi connectivity index (χ1n) is 9.84. The lowest BCUT2D eigenvalue weighted by Crippen LogP contribution is -2.50. The molecule has 0 bridgehead atoms. The summed E-state index contributed by atoms with van der Waals surface area (Å²) in [5.41, 5.74) is 2.24. The molecule has 0 spiro atoms. The van der Waals surface area contributed by atoms with Crippen LogP contribution in [0, 0.1) is 0 Å². The van der Waals surface area contributed by atoms with Crippen LogP contribution in [0.25, 0.3) is 0 Å². The van der Waals surface area contributed by atoms with E-state index >= 15 is 0 Å². The van der Waals surface area contributed by atoms with Crippen molar-refractivity contribution in [2.24, 2.45) is 0 Å². The van der Waals surface area contributed by atoms with E-state index in [1.165, 1.54) is 24.3 Å². The molecular formula is C24H19NO6S. The Morgan fingerprint density at radius 3 is 1.97 bits per heavy atom. The quantitative estimate of drug-likeness (QED) is 0.458. The number of Topliss-reactive ketones (excluding diaryl/α,β-unsaturated/α-hetero) is 1. The lowest BCUT2D eigenvalue weighted by molar-refractivity contribution is -0.151. The van der Waals surface area contributed by atoms with Crippen LogP contribution in [0.4, 0.5) is 0 Å². The van der Waals surface area contributed by atoms with Gasteiger partial charge in [-0.15, -0.1) is 0 Å². The molecule has 8 heteroatoms. The zero-order valence-corrected chi connectivity index (χ0v) is 17.7. The van der Waals surface area contributed by atoms with Gasteiger partial charge in [-0.2, -0.15) is 4.31 Å². The number of ketones is 2. The molecule has 4 rings (SSSR count). The standard InChI is InChI=1S/C24H19NO6S/c26-22(16-6-2-1-3-7-16)17-10-12-20(13-11-17)32(30,31)25-15-19-9-5-4-8-18(19)14-21(25)23(27)24(28)29/h1-13,21H,14-15H2,(H,28,29)/t21-/m1/s1. The monoisotopic (exact) mass is 449 g/mol. The van der Waals surface area contributed by atoms with Crippen LogP contribution in [-0.2, 0) is 32.6 Å². The molecule has 3 aromatic rings. The van der Waals surface area contributed by atoms with Crippen LogP contribution in [0.5, 0.6) is 0 Å². The molecule has 0 unspecified atom stereocenters. The van der Waals surface area contributed by atoms with Crippen LogP contribution < -0.4 is 0 Å². The van der Waals surface area contributed by atoms with Gasteiger partial charge in [0.15, 0.2) is 5.78 Å². The van der Waals surface area contributed by atoms with E-state index in [0.29, 0.717) is 16.7 Å². The summed E-state index contributed by atoms with van der Waals surface area (Å²) in [5, 5.41) is 9.23. The number of carbonyl (C=O) groups excluding carboxylic acids is 2. The van der Waals surface area contributed by atoms with Crippen LogP contribution in [-0.4, -0.2) is 41.4 Å². The van der Waals surface area contributed by atoms with Gasteiger partial charge in [-0.3, -0.25) is 9.59 Å². The van der Waals surface area contributed by atoms with Crippen LogP contribution in [0.3, 0.4) is 0 Å². The average molecular weight is 449 g/mol. The molecule has 1 aliphatic rings. The van der Waals surface area contributed by atoms with Gasteiger partial charge in [0.1, 0.15) is 0 Å². The number of rotatable bonds is 6. The SMILES string of the molecule is O=C(O)C(=O)[C@H]1Cc2ccccc2CN1S(=O)(=O)c1ccc(C(=O)c2ccccc2)cc1. The van der Waals surface area contributed by atoms with E-state index in [2.05, 4.69) is 0 Å². The number of carbonyl (C=O) groups is 3. The maximum Gasteiger partial charge on any atom is 0.373 e. The summed E-state index contributed by atoms with van der Waals surface area (Å²) in [6.45, 7) is -0.118. The summed E-state index contributed by atoms with van der Waals surface area (Å²) < 4.78 is 27.7. The molecule has 0 fully saturated rings. The lowest BCUT2D eigenvalue weighted by atomic mass is 9.94. The third-order valence-electron chi connectivity index (χ3n) is 5.48. The molecule has 0 saturated heterocycles. The van der Waals surface area contributed by atoms with Crippen LogP contribution in [0.2, 0.25) is 0 Å². The zero-order chi connectivity index (χ0) is 22.9. The number of hydrogen-bond acceptors (Lipinski definition) is 5. The normalized spacial score (nSPS) is 16.2. The molecule has 162 valence electrons. The number of hydrogen-bond donors (Lipinski definition) is 1. The van der Waals surface area contributed by atoms with E-state index in [0.717, 1.165) is 9.87 Å². The number of carboxylic acid groups (broad SMARTS) is 1. The van der Waals surface area contributed by atoms with Gasteiger partial charge in [0, 0.05) is 17.7 Å². The highest BCUT2D eigenvalue weighted by Gasteiger charge is 2.41. The second-order valence-corrected chi connectivity index (χ2v) is 9.32. The fourth-order valence-corrected chi connectivity index (χ4v) is 5.35. The smallest absolute Gasteiger partial charge is 0.373 e. The molecule has 1 heterocycles. The van der Waals surface area contributed by atoms with Crippen LogP contribution >= 0.6 is 0 Å². The number of fused-ring (bicyclic) bond motifs is 1. The summed E-state index contributed by atoms with van der Waals surface area (Å²) >= 11 is 0. The van der Waals surface area contributed by atoms with Gasteiger partial charge in [0.2, 0.25) is 10.0 Å². The predicted molar refractivity (Wildman–Crippen MR) is 116 cm³/mol. The summed E-state index contributed by atoms with van der Waals surface area (Å²) in [6.07, 6.45) is -0.0227. The summed E-state index contributed by atoms with van der Waals surface area (Å²) in [4.78, 5) is 36.2. The Morgan fingerprint density at radius 1 is 0.781 bits per heavy atom. The molecule has 0 saturated carbocycles. The first kappa shape index (κ1) is 21.6. The lowest BCUT2D eigenvalue weighted by Gasteiger charge is -2.34. The molecule has 32 heavy (non-hydrogen) atoms. The van der Waals surface area contributed by atoms with Crippen molar-refractivity contribution < 1.29 is 27.9 Å². The van der Waals surface area contributed by atoms with Crippen LogP contribution in [0.15, 0.2) is 83.8 Å². The number of nitrogens with zero attached hydrogens (tertiary/aromatic N) is 1. The van der Waals surface area contributed by atoms with Gasteiger partial charge in [-0.1, -0.05) is 54.6 Å². The van der Waals surface area contributed by atoms with E-state index in [1.54, 1.807) is 54.6 Å². The second-order valence-electron chi connectivity index (χ2n) is 7.43. The van der Waals surface area contributed by atoms with Gasteiger partial charge in [-0.05, 0) is 41.8 Å². The molecule has 0 aromatic heterocycles. The first-order chi connectivity index (χ1) is 15.3. The summed E-state index contributed by atoms with van der Waals surface area (Å²) in [6, 6.07) is 19.7. The third kappa shape index (κ3) is 3.98. The molecule has 0 aliphatic carbocycles. The van der Waals surface area contributed by atoms with Gasteiger partial charge >= 0.3 is 5.97 Å². The maximum atomic E-state index is 13.4. The van der Waals surface area contributed by atoms with Gasteiger partial charge in [0.05, 0.1) is 10.9 Å². The Labute approximate surface area is 185 Å². The Balaban J connectivity index is 1.68. The van der Waals surface area contributed by atoms with Gasteiger partial charge < -0.3 is 5.11 Å². The van der Waals surface area contributed by atoms with E-state index < -0.39 is 27.8 Å². The van der Waals surface area contributed by atoms with Crippen molar-refractivity contribution in [3.05, 3.63) is 101 Å². The number of sulfonamides is 1. The first-order valence-corrected chi connectivity index (χ1v) is 11.3. The summed E-state index contributed by atoms with van der Waals surface area (Å²) in [5.74, 6) is -3.11. The minimum absolute atomic E-state index is 0.0227. The largest absolute Gasteiger partial charge is 0.475 e. The Kier molecular flexibility index (Phi) is 5.73. The average Bonchev–Trinajstić information content (AvgIpc) is 2.82. The number of carboxylic acids is 1. The van der Waals surface area contributed by atoms with Crippen molar-refractivity contribution in [3.63, 3.8) is 0 Å². The molecule has 7 nitrogen and oxygen atoms in total. The minimum Gasteiger partial charge on any atom is -0.475 e. The van der Waals surface area contributed by atoms with E-state index in [1.807, 2.05) is 0 Å². The van der Waals surface area contributed by atoms with E-state index in [9.17, 15) is 27.9 Å². The highest BCUT2D eigenvalue weighted by Crippen LogP contribution is 2.30. The van der Waals surface area contributed by atoms with Crippen molar-refractivity contribution in [1.82, 2.24) is 4.31 Å². The predicted octanol–water partition coefficient (Wildman–Crippen LogP) is 2.69. The van der Waals surface area contributed by atoms with Crippen molar-refractivity contribution in [3.8, 4) is 0 Å². The molecule has 1 aliphatic heterocycles. The fourth-order valence-electron chi connectivity index (χ4n) is 3.79. The minimum atomic E-state index is -4.20.